The number of rotatable bonds is 16. The Morgan fingerprint density at radius 1 is 0.929 bits per heavy atom. The number of aliphatic hydroxyl groups excluding tert-OH is 2. The number of hydrazine groups is 1. The quantitative estimate of drug-likeness (QED) is 0.161. The Kier molecular flexibility index (Phi) is 15.9. The van der Waals surface area contributed by atoms with Gasteiger partial charge in [0.05, 0.1) is 18.2 Å². The molecule has 0 aromatic heterocycles. The maximum atomic E-state index is 13.8. The zero-order chi connectivity index (χ0) is 31.2. The van der Waals surface area contributed by atoms with Crippen LogP contribution >= 0.6 is 0 Å². The van der Waals surface area contributed by atoms with Gasteiger partial charge in [-0.25, -0.2) is 5.01 Å². The Bertz CT molecular complexity index is 876. The Hall–Kier alpha value is -2.15. The van der Waals surface area contributed by atoms with Crippen molar-refractivity contribution in [3.8, 4) is 12.3 Å². The van der Waals surface area contributed by atoms with Crippen LogP contribution in [0.1, 0.15) is 105 Å². The van der Waals surface area contributed by atoms with Crippen molar-refractivity contribution < 1.29 is 24.6 Å². The van der Waals surface area contributed by atoms with E-state index in [0.717, 1.165) is 44.9 Å². The van der Waals surface area contributed by atoms with Crippen molar-refractivity contribution in [1.29, 1.82) is 0 Å². The maximum absolute atomic E-state index is 13.8. The van der Waals surface area contributed by atoms with Gasteiger partial charge in [-0.15, -0.1) is 12.3 Å². The monoisotopic (exact) mass is 590 g/mol. The lowest BCUT2D eigenvalue weighted by atomic mass is 9.74. The van der Waals surface area contributed by atoms with E-state index in [1.807, 2.05) is 25.7 Å². The van der Waals surface area contributed by atoms with Gasteiger partial charge in [-0.2, -0.15) is 0 Å². The molecule has 0 heterocycles. The number of aliphatic hydroxyl groups is 2. The molecule has 5 atom stereocenters. The van der Waals surface area contributed by atoms with E-state index in [1.165, 1.54) is 0 Å². The number of hydrogen-bond donors (Lipinski definition) is 4. The van der Waals surface area contributed by atoms with Crippen LogP contribution in [0.4, 0.5) is 0 Å². The molecule has 0 radical (unpaired) electrons. The Labute approximate surface area is 254 Å². The van der Waals surface area contributed by atoms with Gasteiger partial charge in [0.2, 0.25) is 17.7 Å². The second kappa shape index (κ2) is 18.5. The molecule has 9 heteroatoms. The molecule has 2 saturated carbocycles. The lowest BCUT2D eigenvalue weighted by Gasteiger charge is -2.37. The van der Waals surface area contributed by atoms with Crippen LogP contribution in [-0.2, 0) is 14.4 Å². The molecule has 2 aliphatic rings. The van der Waals surface area contributed by atoms with Crippen molar-refractivity contribution in [1.82, 2.24) is 20.7 Å². The molecule has 2 fully saturated rings. The molecule has 5 unspecified atom stereocenters. The molecule has 0 aliphatic heterocycles. The molecule has 2 aliphatic carbocycles. The minimum Gasteiger partial charge on any atom is -0.393 e. The van der Waals surface area contributed by atoms with Crippen molar-refractivity contribution in [2.24, 2.45) is 29.6 Å². The first-order valence-corrected chi connectivity index (χ1v) is 16.5. The van der Waals surface area contributed by atoms with Gasteiger partial charge in [0, 0.05) is 49.9 Å². The second-order valence-electron chi connectivity index (χ2n) is 13.0. The molecule has 4 N–H and O–H groups in total. The Balaban J connectivity index is 2.20. The molecule has 42 heavy (non-hydrogen) atoms. The highest BCUT2D eigenvalue weighted by atomic mass is 16.3. The SMILES string of the molecule is C#CC1CC(C(=O)NC(CC2CCC(O)CC2)C(O)CN(CCC)NC(=O)C(C)C)CC(C(=O)N(CCC)CCC)C1. The maximum Gasteiger partial charge on any atom is 0.236 e. The summed E-state index contributed by atoms with van der Waals surface area (Å²) in [7, 11) is 0. The smallest absolute Gasteiger partial charge is 0.236 e. The fraction of sp³-hybridized carbons (Fsp3) is 0.848. The average molecular weight is 591 g/mol. The Morgan fingerprint density at radius 3 is 2.07 bits per heavy atom. The number of carbonyl (C=O) groups excluding carboxylic acids is 3. The summed E-state index contributed by atoms with van der Waals surface area (Å²) in [5, 5.41) is 26.4. The number of nitrogens with zero attached hydrogens (tertiary/aromatic N) is 2. The van der Waals surface area contributed by atoms with Crippen molar-refractivity contribution in [3.63, 3.8) is 0 Å². The Morgan fingerprint density at radius 2 is 1.52 bits per heavy atom. The molecule has 240 valence electrons. The zero-order valence-corrected chi connectivity index (χ0v) is 26.8. The number of carbonyl (C=O) groups is 3. The molecule has 0 saturated heterocycles. The predicted molar refractivity (Wildman–Crippen MR) is 166 cm³/mol. The molecule has 9 nitrogen and oxygen atoms in total. The van der Waals surface area contributed by atoms with Gasteiger partial charge in [-0.3, -0.25) is 19.8 Å². The molecule has 0 aromatic carbocycles. The third kappa shape index (κ3) is 11.5. The third-order valence-electron chi connectivity index (χ3n) is 8.85. The first kappa shape index (κ1) is 36.0. The lowest BCUT2D eigenvalue weighted by Crippen LogP contribution is -2.55. The fourth-order valence-electron chi connectivity index (χ4n) is 6.45. The number of hydrogen-bond acceptors (Lipinski definition) is 6. The highest BCUT2D eigenvalue weighted by Gasteiger charge is 2.38. The normalized spacial score (nSPS) is 25.9. The van der Waals surface area contributed by atoms with Crippen LogP contribution in [0.3, 0.4) is 0 Å². The molecule has 0 aromatic rings. The topological polar surface area (TPSA) is 122 Å². The number of amides is 3. The van der Waals surface area contributed by atoms with Gasteiger partial charge in [-0.05, 0) is 76.5 Å². The van der Waals surface area contributed by atoms with E-state index in [-0.39, 0.29) is 54.0 Å². The van der Waals surface area contributed by atoms with Gasteiger partial charge in [0.15, 0.2) is 0 Å². The van der Waals surface area contributed by atoms with E-state index >= 15 is 0 Å². The first-order valence-electron chi connectivity index (χ1n) is 16.5. The second-order valence-corrected chi connectivity index (χ2v) is 13.0. The molecule has 3 amide bonds. The summed E-state index contributed by atoms with van der Waals surface area (Å²) < 4.78 is 0. The molecule has 0 bridgehead atoms. The highest BCUT2D eigenvalue weighted by Crippen LogP contribution is 2.35. The van der Waals surface area contributed by atoms with Crippen molar-refractivity contribution in [3.05, 3.63) is 0 Å². The van der Waals surface area contributed by atoms with Crippen LogP contribution in [0.15, 0.2) is 0 Å². The molecule has 0 spiro atoms. The van der Waals surface area contributed by atoms with E-state index < -0.39 is 18.1 Å². The van der Waals surface area contributed by atoms with E-state index in [0.29, 0.717) is 45.3 Å². The van der Waals surface area contributed by atoms with Gasteiger partial charge >= 0.3 is 0 Å². The summed E-state index contributed by atoms with van der Waals surface area (Å²) in [6, 6.07) is -0.523. The van der Waals surface area contributed by atoms with Crippen LogP contribution in [-0.4, -0.2) is 82.3 Å². The van der Waals surface area contributed by atoms with Crippen molar-refractivity contribution in [2.75, 3.05) is 26.2 Å². The summed E-state index contributed by atoms with van der Waals surface area (Å²) in [5.41, 5.74) is 2.92. The van der Waals surface area contributed by atoms with Crippen LogP contribution in [0, 0.1) is 41.9 Å². The van der Waals surface area contributed by atoms with Crippen LogP contribution < -0.4 is 10.7 Å². The zero-order valence-electron chi connectivity index (χ0n) is 26.8. The predicted octanol–water partition coefficient (Wildman–Crippen LogP) is 3.49. The van der Waals surface area contributed by atoms with Gasteiger partial charge < -0.3 is 20.4 Å². The summed E-state index contributed by atoms with van der Waals surface area (Å²) in [6.07, 6.45) is 12.5. The van der Waals surface area contributed by atoms with Gasteiger partial charge in [0.1, 0.15) is 0 Å². The highest BCUT2D eigenvalue weighted by molar-refractivity contribution is 5.83. The van der Waals surface area contributed by atoms with Crippen LogP contribution in [0.5, 0.6) is 0 Å². The van der Waals surface area contributed by atoms with E-state index in [9.17, 15) is 24.6 Å². The van der Waals surface area contributed by atoms with Gasteiger partial charge in [-0.1, -0.05) is 34.6 Å². The van der Waals surface area contributed by atoms with E-state index in [4.69, 9.17) is 6.42 Å². The van der Waals surface area contributed by atoms with Gasteiger partial charge in [0.25, 0.3) is 0 Å². The summed E-state index contributed by atoms with van der Waals surface area (Å²) in [6.45, 7) is 12.0. The van der Waals surface area contributed by atoms with E-state index in [2.05, 4.69) is 30.5 Å². The summed E-state index contributed by atoms with van der Waals surface area (Å²) in [5.74, 6) is 1.86. The van der Waals surface area contributed by atoms with Crippen molar-refractivity contribution in [2.45, 2.75) is 123 Å². The standard InChI is InChI=1S/C33H58N4O5/c1-7-15-36(16-8-2)33(42)27-19-24(10-4)18-26(21-27)32(41)34-29(20-25-11-13-28(38)14-12-25)30(39)22-37(17-9-3)35-31(40)23(5)6/h4,23-30,38-39H,7-9,11-22H2,1-3,5-6H3,(H,34,41)(H,35,40). The van der Waals surface area contributed by atoms with Crippen molar-refractivity contribution >= 4 is 17.7 Å². The largest absolute Gasteiger partial charge is 0.393 e. The fourth-order valence-corrected chi connectivity index (χ4v) is 6.45. The summed E-state index contributed by atoms with van der Waals surface area (Å²) in [4.78, 5) is 41.6. The molecule has 2 rings (SSSR count). The lowest BCUT2D eigenvalue weighted by molar-refractivity contribution is -0.139. The molecular weight excluding hydrogens is 532 g/mol. The minimum atomic E-state index is -0.908. The van der Waals surface area contributed by atoms with Crippen LogP contribution in [0.25, 0.3) is 0 Å². The van der Waals surface area contributed by atoms with E-state index in [1.54, 1.807) is 5.01 Å². The minimum absolute atomic E-state index is 0.0879. The number of nitrogens with one attached hydrogen (secondary N) is 2. The molecular formula is C33H58N4O5. The third-order valence-corrected chi connectivity index (χ3v) is 8.85. The summed E-state index contributed by atoms with van der Waals surface area (Å²) >= 11 is 0. The average Bonchev–Trinajstić information content (AvgIpc) is 2.97. The number of terminal acetylenes is 1. The van der Waals surface area contributed by atoms with Crippen LogP contribution in [0.2, 0.25) is 0 Å². The first-order chi connectivity index (χ1) is 20.0.